The summed E-state index contributed by atoms with van der Waals surface area (Å²) >= 11 is 7.41. The topological polar surface area (TPSA) is 81.1 Å². The van der Waals surface area contributed by atoms with Crippen LogP contribution in [0.25, 0.3) is 0 Å². The molecule has 9 heteroatoms. The van der Waals surface area contributed by atoms with Gasteiger partial charge in [-0.2, -0.15) is 0 Å². The lowest BCUT2D eigenvalue weighted by Crippen LogP contribution is -2.41. The average molecular weight is 416 g/mol. The second kappa shape index (κ2) is 7.73. The minimum Gasteiger partial charge on any atom is -0.497 e. The van der Waals surface area contributed by atoms with E-state index >= 15 is 0 Å². The average Bonchev–Trinajstić information content (AvgIpc) is 3.08. The molecule has 144 valence electrons. The summed E-state index contributed by atoms with van der Waals surface area (Å²) in [7, 11) is 1.60. The number of amides is 1. The summed E-state index contributed by atoms with van der Waals surface area (Å²) in [5.74, 6) is 1.33. The number of ether oxygens (including phenoxy) is 1. The highest BCUT2D eigenvalue weighted by Crippen LogP contribution is 2.37. The van der Waals surface area contributed by atoms with E-state index in [1.807, 2.05) is 43.3 Å². The molecule has 1 aliphatic heterocycles. The fourth-order valence-electron chi connectivity index (χ4n) is 2.97. The largest absolute Gasteiger partial charge is 0.497 e. The van der Waals surface area contributed by atoms with Gasteiger partial charge in [0.1, 0.15) is 16.8 Å². The minimum atomic E-state index is -0.445. The Hall–Kier alpha value is -2.71. The summed E-state index contributed by atoms with van der Waals surface area (Å²) < 4.78 is 6.97. The van der Waals surface area contributed by atoms with Crippen LogP contribution in [0.1, 0.15) is 17.4 Å². The number of aryl methyl sites for hydroxylation is 1. The van der Waals surface area contributed by atoms with Gasteiger partial charge in [0.05, 0.1) is 13.2 Å². The molecule has 0 unspecified atom stereocenters. The first-order chi connectivity index (χ1) is 13.5. The number of carbonyl (C=O) groups excluding carboxylic acids is 1. The van der Waals surface area contributed by atoms with Crippen LogP contribution < -0.4 is 15.5 Å². The van der Waals surface area contributed by atoms with E-state index in [9.17, 15) is 4.79 Å². The summed E-state index contributed by atoms with van der Waals surface area (Å²) in [5, 5.41) is 12.1. The van der Waals surface area contributed by atoms with Crippen molar-refractivity contribution in [1.29, 1.82) is 0 Å². The first-order valence-electron chi connectivity index (χ1n) is 8.61. The highest BCUT2D eigenvalue weighted by atomic mass is 35.5. The predicted octanol–water partition coefficient (Wildman–Crippen LogP) is 3.65. The molecule has 2 aromatic carbocycles. The van der Waals surface area contributed by atoms with E-state index in [0.29, 0.717) is 15.9 Å². The number of fused-ring (bicyclic) bond motifs is 1. The number of thioether (sulfide) groups is 1. The van der Waals surface area contributed by atoms with Gasteiger partial charge in [-0.1, -0.05) is 35.5 Å². The van der Waals surface area contributed by atoms with Crippen molar-refractivity contribution in [2.45, 2.75) is 23.4 Å². The van der Waals surface area contributed by atoms with Crippen LogP contribution in [-0.2, 0) is 4.79 Å². The van der Waals surface area contributed by atoms with E-state index in [-0.39, 0.29) is 11.9 Å². The lowest BCUT2D eigenvalue weighted by molar-refractivity contribution is -0.116. The number of aromatic nitrogens is 3. The van der Waals surface area contributed by atoms with Gasteiger partial charge in [-0.3, -0.25) is 4.79 Å². The number of hydrogen-bond acceptors (Lipinski definition) is 6. The number of rotatable bonds is 4. The number of anilines is 1. The Morgan fingerprint density at radius 3 is 2.57 bits per heavy atom. The van der Waals surface area contributed by atoms with Crippen LogP contribution in [0.15, 0.2) is 53.7 Å². The van der Waals surface area contributed by atoms with Gasteiger partial charge in [-0.15, -0.1) is 10.2 Å². The maximum absolute atomic E-state index is 13.1. The monoisotopic (exact) mass is 415 g/mol. The van der Waals surface area contributed by atoms with Crippen molar-refractivity contribution in [3.05, 3.63) is 64.9 Å². The highest BCUT2D eigenvalue weighted by molar-refractivity contribution is 8.00. The summed E-state index contributed by atoms with van der Waals surface area (Å²) in [4.78, 5) is 13.1. The molecule has 2 atom stereocenters. The van der Waals surface area contributed by atoms with Gasteiger partial charge in [0.15, 0.2) is 0 Å². The zero-order valence-electron chi connectivity index (χ0n) is 15.2. The number of carbonyl (C=O) groups is 1. The third-order valence-electron chi connectivity index (χ3n) is 4.44. The van der Waals surface area contributed by atoms with Crippen LogP contribution in [0, 0.1) is 6.92 Å². The second-order valence-electron chi connectivity index (χ2n) is 6.28. The molecule has 1 amide bonds. The Balaban J connectivity index is 1.62. The summed E-state index contributed by atoms with van der Waals surface area (Å²) in [6.07, 6.45) is 0. The third kappa shape index (κ3) is 3.65. The molecule has 0 saturated carbocycles. The molecule has 3 aromatic rings. The number of methoxy groups -OCH3 is 1. The maximum atomic E-state index is 13.1. The van der Waals surface area contributed by atoms with Crippen LogP contribution in [-0.4, -0.2) is 33.1 Å². The Labute approximate surface area is 171 Å². The molecule has 0 saturated heterocycles. The molecule has 0 bridgehead atoms. The van der Waals surface area contributed by atoms with Gasteiger partial charge < -0.3 is 15.5 Å². The summed E-state index contributed by atoms with van der Waals surface area (Å²) in [6.45, 7) is 1.86. The van der Waals surface area contributed by atoms with Crippen LogP contribution >= 0.6 is 23.4 Å². The molecular weight excluding hydrogens is 398 g/mol. The van der Waals surface area contributed by atoms with Crippen molar-refractivity contribution >= 4 is 35.0 Å². The van der Waals surface area contributed by atoms with E-state index < -0.39 is 5.25 Å². The van der Waals surface area contributed by atoms with Crippen LogP contribution in [0.4, 0.5) is 5.69 Å². The molecular formula is C19H18ClN5O2S. The fourth-order valence-corrected chi connectivity index (χ4v) is 4.22. The van der Waals surface area contributed by atoms with Gasteiger partial charge in [0, 0.05) is 10.7 Å². The standard InChI is InChI=1S/C19H18ClN5O2S/c1-11-22-23-19-25(11)24-16(12-3-5-13(20)6-4-12)17(28-19)18(26)21-14-7-9-15(27-2)10-8-14/h3-10,16-17,24H,1-2H3,(H,21,26)/t16-,17-/m1/s1. The van der Waals surface area contributed by atoms with E-state index in [2.05, 4.69) is 20.9 Å². The van der Waals surface area contributed by atoms with E-state index in [0.717, 1.165) is 17.1 Å². The van der Waals surface area contributed by atoms with Crippen molar-refractivity contribution in [3.63, 3.8) is 0 Å². The minimum absolute atomic E-state index is 0.130. The molecule has 7 nitrogen and oxygen atoms in total. The number of halogens is 1. The van der Waals surface area contributed by atoms with Crippen LogP contribution in [0.2, 0.25) is 5.02 Å². The van der Waals surface area contributed by atoms with Gasteiger partial charge in [0.25, 0.3) is 0 Å². The zero-order chi connectivity index (χ0) is 19.7. The molecule has 2 heterocycles. The second-order valence-corrected chi connectivity index (χ2v) is 7.82. The summed E-state index contributed by atoms with van der Waals surface area (Å²) in [6, 6.07) is 14.4. The summed E-state index contributed by atoms with van der Waals surface area (Å²) in [5.41, 5.74) is 5.01. The van der Waals surface area contributed by atoms with Crippen LogP contribution in [0.5, 0.6) is 5.75 Å². The molecule has 0 aliphatic carbocycles. The molecule has 1 aromatic heterocycles. The lowest BCUT2D eigenvalue weighted by Gasteiger charge is -2.32. The number of hydrogen-bond donors (Lipinski definition) is 2. The Morgan fingerprint density at radius 2 is 1.89 bits per heavy atom. The quantitative estimate of drug-likeness (QED) is 0.677. The van der Waals surface area contributed by atoms with Crippen molar-refractivity contribution in [1.82, 2.24) is 14.9 Å². The predicted molar refractivity (Wildman–Crippen MR) is 110 cm³/mol. The van der Waals surface area contributed by atoms with Crippen molar-refractivity contribution < 1.29 is 9.53 Å². The van der Waals surface area contributed by atoms with Crippen molar-refractivity contribution in [2.24, 2.45) is 0 Å². The molecule has 0 fully saturated rings. The highest BCUT2D eigenvalue weighted by Gasteiger charge is 2.37. The smallest absolute Gasteiger partial charge is 0.240 e. The third-order valence-corrected chi connectivity index (χ3v) is 5.91. The number of benzene rings is 2. The van der Waals surface area contributed by atoms with E-state index in [4.69, 9.17) is 16.3 Å². The number of nitrogens with one attached hydrogen (secondary N) is 2. The van der Waals surface area contributed by atoms with Gasteiger partial charge in [-0.05, 0) is 48.9 Å². The molecule has 0 spiro atoms. The van der Waals surface area contributed by atoms with E-state index in [1.165, 1.54) is 11.8 Å². The van der Waals surface area contributed by atoms with Crippen LogP contribution in [0.3, 0.4) is 0 Å². The lowest BCUT2D eigenvalue weighted by atomic mass is 10.0. The number of nitrogens with zero attached hydrogens (tertiary/aromatic N) is 3. The SMILES string of the molecule is COc1ccc(NC(=O)[C@@H]2Sc3nnc(C)n3N[C@@H]2c2ccc(Cl)cc2)cc1. The molecule has 4 rings (SSSR count). The first-order valence-corrected chi connectivity index (χ1v) is 9.86. The Bertz CT molecular complexity index is 991. The Kier molecular flexibility index (Phi) is 5.15. The van der Waals surface area contributed by atoms with Gasteiger partial charge in [0.2, 0.25) is 11.1 Å². The molecule has 2 N–H and O–H groups in total. The molecule has 1 aliphatic rings. The van der Waals surface area contributed by atoms with E-state index in [1.54, 1.807) is 23.9 Å². The molecule has 0 radical (unpaired) electrons. The van der Waals surface area contributed by atoms with Crippen molar-refractivity contribution in [3.8, 4) is 5.75 Å². The molecule has 28 heavy (non-hydrogen) atoms. The van der Waals surface area contributed by atoms with Gasteiger partial charge >= 0.3 is 0 Å². The Morgan fingerprint density at radius 1 is 1.18 bits per heavy atom. The van der Waals surface area contributed by atoms with Crippen molar-refractivity contribution in [2.75, 3.05) is 17.9 Å². The maximum Gasteiger partial charge on any atom is 0.240 e. The normalized spacial score (nSPS) is 18.1. The van der Waals surface area contributed by atoms with Gasteiger partial charge in [-0.25, -0.2) is 4.68 Å². The fraction of sp³-hybridized carbons (Fsp3) is 0.211. The first kappa shape index (κ1) is 18.6. The zero-order valence-corrected chi connectivity index (χ0v) is 16.8.